The first-order chi connectivity index (χ1) is 9.70. The molecule has 0 atom stereocenters. The van der Waals surface area contributed by atoms with Crippen molar-refractivity contribution in [2.75, 3.05) is 5.75 Å². The molecule has 6 nitrogen and oxygen atoms in total. The average molecular weight is 294 g/mol. The van der Waals surface area contributed by atoms with Crippen LogP contribution in [0, 0.1) is 0 Å². The minimum absolute atomic E-state index is 0.195. The van der Waals surface area contributed by atoms with E-state index in [0.29, 0.717) is 28.4 Å². The highest BCUT2D eigenvalue weighted by Crippen LogP contribution is 2.21. The molecule has 2 rings (SSSR count). The van der Waals surface area contributed by atoms with Crippen LogP contribution in [0.25, 0.3) is 11.2 Å². The molecule has 0 amide bonds. The van der Waals surface area contributed by atoms with Gasteiger partial charge in [0.1, 0.15) is 16.3 Å². The number of aromatic amines is 2. The number of fused-ring (bicyclic) bond motifs is 1. The lowest BCUT2D eigenvalue weighted by Gasteiger charge is -2.01. The maximum Gasteiger partial charge on any atom is 0.347 e. The Balaban J connectivity index is 1.90. The Morgan fingerprint density at radius 1 is 1.35 bits per heavy atom. The van der Waals surface area contributed by atoms with Gasteiger partial charge in [-0.2, -0.15) is 4.98 Å². The molecule has 0 spiro atoms. The summed E-state index contributed by atoms with van der Waals surface area (Å²) in [7, 11) is 0. The third-order valence-electron chi connectivity index (χ3n) is 2.96. The lowest BCUT2D eigenvalue weighted by atomic mass is 10.1. The highest BCUT2D eigenvalue weighted by atomic mass is 32.2. The number of thioether (sulfide) groups is 1. The summed E-state index contributed by atoms with van der Waals surface area (Å²) in [5.74, 6) is 0.539. The number of carbonyl (C=O) groups excluding carboxylic acids is 1. The van der Waals surface area contributed by atoms with Gasteiger partial charge in [-0.15, -0.1) is 0 Å². The molecule has 0 bridgehead atoms. The molecule has 0 aliphatic heterocycles. The van der Waals surface area contributed by atoms with Gasteiger partial charge < -0.3 is 4.98 Å². The lowest BCUT2D eigenvalue weighted by Crippen LogP contribution is -2.12. The minimum atomic E-state index is -0.442. The summed E-state index contributed by atoms with van der Waals surface area (Å²) in [6.07, 6.45) is 6.47. The molecule has 0 aliphatic rings. The number of carbonyl (C=O) groups is 1. The number of unbranched alkanes of at least 4 members (excludes halogenated alkanes) is 3. The SMILES string of the molecule is CCCCCCC(=O)CSc1nc(=O)[nH]c2nc[nH]c12. The zero-order chi connectivity index (χ0) is 14.4. The van der Waals surface area contributed by atoms with Crippen molar-refractivity contribution in [2.24, 2.45) is 0 Å². The summed E-state index contributed by atoms with van der Waals surface area (Å²) < 4.78 is 0. The van der Waals surface area contributed by atoms with E-state index in [4.69, 9.17) is 0 Å². The third kappa shape index (κ3) is 3.93. The van der Waals surface area contributed by atoms with E-state index in [9.17, 15) is 9.59 Å². The van der Waals surface area contributed by atoms with Gasteiger partial charge in [0.2, 0.25) is 0 Å². The topological polar surface area (TPSA) is 91.5 Å². The van der Waals surface area contributed by atoms with Crippen molar-refractivity contribution >= 4 is 28.7 Å². The van der Waals surface area contributed by atoms with Crippen molar-refractivity contribution in [2.45, 2.75) is 44.1 Å². The van der Waals surface area contributed by atoms with Crippen molar-refractivity contribution in [3.8, 4) is 0 Å². The summed E-state index contributed by atoms with van der Waals surface area (Å²) >= 11 is 1.29. The van der Waals surface area contributed by atoms with Crippen molar-refractivity contribution in [3.63, 3.8) is 0 Å². The molecule has 0 radical (unpaired) electrons. The first kappa shape index (κ1) is 14.8. The number of hydrogen-bond acceptors (Lipinski definition) is 5. The Hall–Kier alpha value is -1.63. The number of Topliss-reactive ketones (excluding diaryl/α,β-unsaturated/α-hetero) is 1. The number of imidazole rings is 1. The molecule has 0 fully saturated rings. The van der Waals surface area contributed by atoms with Crippen molar-refractivity contribution < 1.29 is 4.79 Å². The number of aromatic nitrogens is 4. The summed E-state index contributed by atoms with van der Waals surface area (Å²) in [4.78, 5) is 36.5. The van der Waals surface area contributed by atoms with Crippen LogP contribution in [0.15, 0.2) is 16.1 Å². The predicted molar refractivity (Wildman–Crippen MR) is 79.0 cm³/mol. The fraction of sp³-hybridized carbons (Fsp3) is 0.538. The van der Waals surface area contributed by atoms with Crippen LogP contribution in [0.3, 0.4) is 0 Å². The highest BCUT2D eigenvalue weighted by molar-refractivity contribution is 8.00. The molecule has 2 heterocycles. The lowest BCUT2D eigenvalue weighted by molar-refractivity contribution is -0.116. The fourth-order valence-corrected chi connectivity index (χ4v) is 2.79. The van der Waals surface area contributed by atoms with E-state index in [1.54, 1.807) is 0 Å². The summed E-state index contributed by atoms with van der Waals surface area (Å²) in [5.41, 5.74) is 0.707. The summed E-state index contributed by atoms with van der Waals surface area (Å²) in [6.45, 7) is 2.14. The van der Waals surface area contributed by atoms with Gasteiger partial charge >= 0.3 is 5.69 Å². The van der Waals surface area contributed by atoms with E-state index in [2.05, 4.69) is 26.9 Å². The second-order valence-electron chi connectivity index (χ2n) is 4.61. The van der Waals surface area contributed by atoms with E-state index in [1.807, 2.05) is 0 Å². The molecule has 0 saturated carbocycles. The van der Waals surface area contributed by atoms with Crippen LogP contribution in [0.4, 0.5) is 0 Å². The first-order valence-electron chi connectivity index (χ1n) is 6.78. The Labute approximate surface area is 120 Å². The Morgan fingerprint density at radius 3 is 3.00 bits per heavy atom. The number of nitrogens with one attached hydrogen (secondary N) is 2. The van der Waals surface area contributed by atoms with E-state index in [0.717, 1.165) is 19.3 Å². The van der Waals surface area contributed by atoms with Crippen molar-refractivity contribution in [1.29, 1.82) is 0 Å². The molecular formula is C13H18N4O2S. The van der Waals surface area contributed by atoms with E-state index < -0.39 is 5.69 Å². The molecule has 0 aliphatic carbocycles. The van der Waals surface area contributed by atoms with Gasteiger partial charge in [-0.1, -0.05) is 37.9 Å². The van der Waals surface area contributed by atoms with E-state index >= 15 is 0 Å². The molecular weight excluding hydrogens is 276 g/mol. The second-order valence-corrected chi connectivity index (χ2v) is 5.58. The smallest absolute Gasteiger partial charge is 0.341 e. The van der Waals surface area contributed by atoms with Gasteiger partial charge in [-0.3, -0.25) is 9.78 Å². The Kier molecular flexibility index (Phi) is 5.34. The van der Waals surface area contributed by atoms with Gasteiger partial charge in [0, 0.05) is 6.42 Å². The Morgan fingerprint density at radius 2 is 2.20 bits per heavy atom. The van der Waals surface area contributed by atoms with Crippen LogP contribution in [0.5, 0.6) is 0 Å². The van der Waals surface area contributed by atoms with Crippen molar-refractivity contribution in [1.82, 2.24) is 19.9 Å². The van der Waals surface area contributed by atoms with Gasteiger partial charge in [-0.05, 0) is 6.42 Å². The monoisotopic (exact) mass is 294 g/mol. The maximum absolute atomic E-state index is 11.8. The molecule has 2 aromatic rings. The standard InChI is InChI=1S/C13H18N4O2S/c1-2-3-4-5-6-9(18)7-20-12-10-11(15-8-14-10)16-13(19)17-12/h8H,2-7H2,1H3,(H2,14,15,16,17,19). The summed E-state index contributed by atoms with van der Waals surface area (Å²) in [6, 6.07) is 0. The first-order valence-corrected chi connectivity index (χ1v) is 7.77. The average Bonchev–Trinajstić information content (AvgIpc) is 2.89. The number of H-pyrrole nitrogens is 2. The van der Waals surface area contributed by atoms with E-state index in [-0.39, 0.29) is 5.78 Å². The molecule has 20 heavy (non-hydrogen) atoms. The second kappa shape index (κ2) is 7.23. The number of nitrogens with zero attached hydrogens (tertiary/aromatic N) is 2. The van der Waals surface area contributed by atoms with Crippen LogP contribution < -0.4 is 5.69 Å². The molecule has 0 unspecified atom stereocenters. The number of rotatable bonds is 8. The third-order valence-corrected chi connectivity index (χ3v) is 4.00. The fourth-order valence-electron chi connectivity index (χ4n) is 1.90. The van der Waals surface area contributed by atoms with Gasteiger partial charge in [0.25, 0.3) is 0 Å². The van der Waals surface area contributed by atoms with Gasteiger partial charge in [0.15, 0.2) is 5.65 Å². The maximum atomic E-state index is 11.8. The molecule has 2 N–H and O–H groups in total. The highest BCUT2D eigenvalue weighted by Gasteiger charge is 2.10. The summed E-state index contributed by atoms with van der Waals surface area (Å²) in [5, 5.41) is 0.531. The molecule has 0 saturated heterocycles. The van der Waals surface area contributed by atoms with Crippen LogP contribution in [0.2, 0.25) is 0 Å². The molecule has 108 valence electrons. The molecule has 7 heteroatoms. The number of ketones is 1. The predicted octanol–water partition coefficient (Wildman–Crippen LogP) is 2.28. The van der Waals surface area contributed by atoms with Crippen LogP contribution >= 0.6 is 11.8 Å². The Bertz CT molecular complexity index is 635. The van der Waals surface area contributed by atoms with Crippen LogP contribution in [-0.2, 0) is 4.79 Å². The number of hydrogen-bond donors (Lipinski definition) is 2. The van der Waals surface area contributed by atoms with Gasteiger partial charge in [0.05, 0.1) is 12.1 Å². The normalized spacial score (nSPS) is 11.1. The van der Waals surface area contributed by atoms with Crippen LogP contribution in [0.1, 0.15) is 39.0 Å². The van der Waals surface area contributed by atoms with E-state index in [1.165, 1.54) is 24.5 Å². The quantitative estimate of drug-likeness (QED) is 0.443. The van der Waals surface area contributed by atoms with Gasteiger partial charge in [-0.25, -0.2) is 9.78 Å². The molecule has 0 aromatic carbocycles. The molecule has 2 aromatic heterocycles. The minimum Gasteiger partial charge on any atom is -0.341 e. The zero-order valence-corrected chi connectivity index (χ0v) is 12.3. The zero-order valence-electron chi connectivity index (χ0n) is 11.4. The van der Waals surface area contributed by atoms with Crippen molar-refractivity contribution in [3.05, 3.63) is 16.8 Å². The van der Waals surface area contributed by atoms with Crippen LogP contribution in [-0.4, -0.2) is 31.5 Å². The largest absolute Gasteiger partial charge is 0.347 e.